The largest absolute Gasteiger partial charge is 0.373 e. The van der Waals surface area contributed by atoms with Gasteiger partial charge >= 0.3 is 0 Å². The number of thiazole rings is 1. The van der Waals surface area contributed by atoms with Crippen LogP contribution in [0.3, 0.4) is 0 Å². The fourth-order valence-corrected chi connectivity index (χ4v) is 4.65. The number of hydrogen-bond donors (Lipinski definition) is 2. The van der Waals surface area contributed by atoms with Gasteiger partial charge in [-0.3, -0.25) is 9.69 Å². The Labute approximate surface area is 147 Å². The van der Waals surface area contributed by atoms with Gasteiger partial charge in [-0.2, -0.15) is 0 Å². The molecule has 7 heteroatoms. The lowest BCUT2D eigenvalue weighted by Crippen LogP contribution is -2.44. The Morgan fingerprint density at radius 2 is 2.17 bits per heavy atom. The van der Waals surface area contributed by atoms with E-state index in [4.69, 9.17) is 10.5 Å². The Morgan fingerprint density at radius 3 is 2.88 bits per heavy atom. The van der Waals surface area contributed by atoms with Crippen LogP contribution in [0.2, 0.25) is 0 Å². The molecule has 24 heavy (non-hydrogen) atoms. The van der Waals surface area contributed by atoms with E-state index in [1.54, 1.807) is 0 Å². The highest BCUT2D eigenvalue weighted by molar-refractivity contribution is 7.13. The van der Waals surface area contributed by atoms with Crippen molar-refractivity contribution in [2.75, 3.05) is 25.0 Å². The topological polar surface area (TPSA) is 80.5 Å². The summed E-state index contributed by atoms with van der Waals surface area (Å²) in [6.45, 7) is 7.44. The molecule has 1 aromatic rings. The average Bonchev–Trinajstić information content (AvgIpc) is 3.15. The minimum Gasteiger partial charge on any atom is -0.373 e. The molecule has 6 nitrogen and oxygen atoms in total. The second-order valence-corrected chi connectivity index (χ2v) is 7.98. The Morgan fingerprint density at radius 1 is 1.42 bits per heavy atom. The summed E-state index contributed by atoms with van der Waals surface area (Å²) in [5, 5.41) is 5.73. The number of carbonyl (C=O) groups excluding carboxylic acids is 1. The number of nitrogens with one attached hydrogen (secondary N) is 1. The molecule has 1 saturated heterocycles. The predicted octanol–water partition coefficient (Wildman–Crippen LogP) is 2.07. The van der Waals surface area contributed by atoms with Crippen molar-refractivity contribution in [2.45, 2.75) is 51.9 Å². The number of rotatable bonds is 5. The zero-order valence-corrected chi connectivity index (χ0v) is 15.3. The molecule has 0 bridgehead atoms. The fourth-order valence-electron chi connectivity index (χ4n) is 3.94. The predicted molar refractivity (Wildman–Crippen MR) is 95.9 cm³/mol. The number of hydrogen-bond acceptors (Lipinski definition) is 6. The molecular formula is C17H28N4O2S. The molecule has 1 aliphatic heterocycles. The highest BCUT2D eigenvalue weighted by Crippen LogP contribution is 2.32. The summed E-state index contributed by atoms with van der Waals surface area (Å²) in [6.07, 6.45) is 3.60. The van der Waals surface area contributed by atoms with Crippen LogP contribution in [0.5, 0.6) is 0 Å². The Bertz CT molecular complexity index is 555. The summed E-state index contributed by atoms with van der Waals surface area (Å²) in [4.78, 5) is 19.4. The molecule has 0 spiro atoms. The van der Waals surface area contributed by atoms with Crippen molar-refractivity contribution in [1.29, 1.82) is 0 Å². The molecule has 2 unspecified atom stereocenters. The van der Waals surface area contributed by atoms with Crippen LogP contribution in [0.1, 0.15) is 38.8 Å². The minimum absolute atomic E-state index is 0.0447. The molecule has 4 atom stereocenters. The maximum atomic E-state index is 12.4. The second kappa shape index (κ2) is 7.91. The molecule has 2 fully saturated rings. The van der Waals surface area contributed by atoms with Crippen molar-refractivity contribution in [3.05, 3.63) is 11.1 Å². The Kier molecular flexibility index (Phi) is 5.86. The molecule has 2 heterocycles. The van der Waals surface area contributed by atoms with Gasteiger partial charge in [-0.1, -0.05) is 6.42 Å². The van der Waals surface area contributed by atoms with Gasteiger partial charge in [0.2, 0.25) is 5.91 Å². The number of ether oxygens (including phenoxy) is 1. The van der Waals surface area contributed by atoms with E-state index < -0.39 is 0 Å². The van der Waals surface area contributed by atoms with Crippen LogP contribution in [0.4, 0.5) is 5.13 Å². The summed E-state index contributed by atoms with van der Waals surface area (Å²) < 4.78 is 5.76. The zero-order valence-electron chi connectivity index (χ0n) is 14.5. The smallest absolute Gasteiger partial charge is 0.229 e. The molecule has 0 radical (unpaired) electrons. The van der Waals surface area contributed by atoms with E-state index in [1.807, 2.05) is 5.38 Å². The lowest BCUT2D eigenvalue weighted by molar-refractivity contribution is -0.120. The summed E-state index contributed by atoms with van der Waals surface area (Å²) in [5.41, 5.74) is 6.79. The third kappa shape index (κ3) is 4.33. The fraction of sp³-hybridized carbons (Fsp3) is 0.765. The molecule has 0 aromatic carbocycles. The van der Waals surface area contributed by atoms with E-state index in [0.29, 0.717) is 17.6 Å². The van der Waals surface area contributed by atoms with Crippen LogP contribution in [0.25, 0.3) is 0 Å². The van der Waals surface area contributed by atoms with Crippen LogP contribution >= 0.6 is 11.3 Å². The number of carbonyl (C=O) groups is 1. The minimum atomic E-state index is 0.0447. The van der Waals surface area contributed by atoms with Crippen molar-refractivity contribution < 1.29 is 9.53 Å². The number of anilines is 1. The van der Waals surface area contributed by atoms with E-state index in [2.05, 4.69) is 29.0 Å². The van der Waals surface area contributed by atoms with Gasteiger partial charge in [-0.05, 0) is 39.2 Å². The lowest BCUT2D eigenvalue weighted by Gasteiger charge is -2.34. The van der Waals surface area contributed by atoms with E-state index in [1.165, 1.54) is 11.3 Å². The highest BCUT2D eigenvalue weighted by atomic mass is 32.1. The lowest BCUT2D eigenvalue weighted by atomic mass is 9.95. The van der Waals surface area contributed by atoms with Crippen molar-refractivity contribution >= 4 is 22.4 Å². The molecule has 1 saturated carbocycles. The van der Waals surface area contributed by atoms with Crippen LogP contribution < -0.4 is 11.1 Å². The van der Waals surface area contributed by atoms with Crippen molar-refractivity contribution in [3.8, 4) is 0 Å². The van der Waals surface area contributed by atoms with E-state index >= 15 is 0 Å². The van der Waals surface area contributed by atoms with E-state index in [9.17, 15) is 4.79 Å². The van der Waals surface area contributed by atoms with Gasteiger partial charge in [0.15, 0.2) is 5.13 Å². The maximum Gasteiger partial charge on any atom is 0.229 e. The van der Waals surface area contributed by atoms with E-state index in [0.717, 1.165) is 44.6 Å². The summed E-state index contributed by atoms with van der Waals surface area (Å²) >= 11 is 1.50. The molecule has 1 aromatic heterocycles. The monoisotopic (exact) mass is 352 g/mol. The summed E-state index contributed by atoms with van der Waals surface area (Å²) in [5.74, 6) is 0.446. The Hall–Kier alpha value is -1.02. The maximum absolute atomic E-state index is 12.4. The molecule has 134 valence electrons. The highest BCUT2D eigenvalue weighted by Gasteiger charge is 2.32. The van der Waals surface area contributed by atoms with Crippen molar-refractivity contribution in [2.24, 2.45) is 17.6 Å². The number of nitrogens with two attached hydrogens (primary N) is 1. The second-order valence-electron chi connectivity index (χ2n) is 7.12. The first-order valence-electron chi connectivity index (χ1n) is 8.88. The van der Waals surface area contributed by atoms with Gasteiger partial charge < -0.3 is 15.8 Å². The third-order valence-corrected chi connectivity index (χ3v) is 5.77. The van der Waals surface area contributed by atoms with Crippen LogP contribution in [-0.4, -0.2) is 47.6 Å². The van der Waals surface area contributed by atoms with Crippen LogP contribution in [0, 0.1) is 11.8 Å². The average molecular weight is 353 g/mol. The molecule has 1 aliphatic carbocycles. The summed E-state index contributed by atoms with van der Waals surface area (Å²) in [7, 11) is 0. The van der Waals surface area contributed by atoms with E-state index in [-0.39, 0.29) is 24.0 Å². The van der Waals surface area contributed by atoms with Crippen molar-refractivity contribution in [3.63, 3.8) is 0 Å². The van der Waals surface area contributed by atoms with Crippen molar-refractivity contribution in [1.82, 2.24) is 9.88 Å². The first-order chi connectivity index (χ1) is 11.5. The van der Waals surface area contributed by atoms with Gasteiger partial charge in [0.05, 0.1) is 17.9 Å². The number of morpholine rings is 1. The van der Waals surface area contributed by atoms with Gasteiger partial charge in [-0.25, -0.2) is 4.98 Å². The number of aromatic nitrogens is 1. The molecule has 3 rings (SSSR count). The third-order valence-electron chi connectivity index (χ3n) is 4.96. The van der Waals surface area contributed by atoms with Crippen LogP contribution in [0.15, 0.2) is 5.38 Å². The Balaban J connectivity index is 1.54. The molecular weight excluding hydrogens is 324 g/mol. The summed E-state index contributed by atoms with van der Waals surface area (Å²) in [6, 6.07) is 0. The standard InChI is InChI=1S/C17H28N4O2S/c1-11-7-21(8-12(2)23-11)9-14-10-24-17(19-14)20-16(22)15-5-3-4-13(15)6-18/h10-13,15H,3-9,18H2,1-2H3,(H,19,20,22)/t11?,12?,13-,15-/m1/s1. The molecule has 2 aliphatic rings. The SMILES string of the molecule is CC1CN(Cc2csc(NC(=O)[C@@H]3CCC[C@@H]3CN)n2)CC(C)O1. The van der Waals surface area contributed by atoms with Gasteiger partial charge in [-0.15, -0.1) is 11.3 Å². The normalized spacial score (nSPS) is 31.3. The number of nitrogens with zero attached hydrogens (tertiary/aromatic N) is 2. The number of amides is 1. The first kappa shape index (κ1) is 17.8. The van der Waals surface area contributed by atoms with Gasteiger partial charge in [0.1, 0.15) is 0 Å². The quantitative estimate of drug-likeness (QED) is 0.848. The molecule has 1 amide bonds. The first-order valence-corrected chi connectivity index (χ1v) is 9.76. The van der Waals surface area contributed by atoms with Gasteiger partial charge in [0.25, 0.3) is 0 Å². The van der Waals surface area contributed by atoms with Gasteiger partial charge in [0, 0.05) is 30.9 Å². The molecule has 3 N–H and O–H groups in total. The zero-order chi connectivity index (χ0) is 17.1. The van der Waals surface area contributed by atoms with Crippen LogP contribution in [-0.2, 0) is 16.1 Å².